The first-order valence-electron chi connectivity index (χ1n) is 9.12. The summed E-state index contributed by atoms with van der Waals surface area (Å²) in [6, 6.07) is 14.8. The Hall–Kier alpha value is -2.53. The summed E-state index contributed by atoms with van der Waals surface area (Å²) in [7, 11) is 0. The predicted octanol–water partition coefficient (Wildman–Crippen LogP) is 3.00. The number of fused-ring (bicyclic) bond motifs is 1. The van der Waals surface area contributed by atoms with E-state index in [2.05, 4.69) is 41.4 Å². The monoisotopic (exact) mass is 352 g/mol. The smallest absolute Gasteiger partial charge is 0.234 e. The van der Waals surface area contributed by atoms with Crippen LogP contribution in [0.15, 0.2) is 42.5 Å². The van der Waals surface area contributed by atoms with Crippen molar-refractivity contribution in [1.29, 1.82) is 0 Å². The molecule has 1 N–H and O–H groups in total. The predicted molar refractivity (Wildman–Crippen MR) is 99.0 cm³/mol. The number of nitrogens with one attached hydrogen (secondary N) is 1. The molecule has 2 aromatic carbocycles. The molecular weight excluding hydrogens is 328 g/mol. The first kappa shape index (κ1) is 16.9. The van der Waals surface area contributed by atoms with Crippen LogP contribution < -0.4 is 14.8 Å². The summed E-state index contributed by atoms with van der Waals surface area (Å²) in [5, 5.41) is 3.02. The molecule has 1 aliphatic heterocycles. The van der Waals surface area contributed by atoms with E-state index in [4.69, 9.17) is 9.47 Å². The van der Waals surface area contributed by atoms with Gasteiger partial charge in [0.15, 0.2) is 11.5 Å². The molecule has 0 aromatic heterocycles. The molecule has 26 heavy (non-hydrogen) atoms. The highest BCUT2D eigenvalue weighted by molar-refractivity contribution is 5.78. The molecule has 0 spiro atoms. The standard InChI is InChI=1S/C21H24N2O3/c1-15-2-4-16(5-3-15)12-23(18-7-8-18)13-21(24)22-11-17-6-9-19-20(10-17)26-14-25-19/h2-6,9-10,18H,7-8,11-14H2,1H3,(H,22,24). The Morgan fingerprint density at radius 2 is 1.81 bits per heavy atom. The fraction of sp³-hybridized carbons (Fsp3) is 0.381. The molecule has 2 aromatic rings. The van der Waals surface area contributed by atoms with Crippen LogP contribution in [0.4, 0.5) is 0 Å². The molecular formula is C21H24N2O3. The summed E-state index contributed by atoms with van der Waals surface area (Å²) in [4.78, 5) is 14.7. The number of carbonyl (C=O) groups is 1. The van der Waals surface area contributed by atoms with E-state index in [1.165, 1.54) is 24.0 Å². The molecule has 1 aliphatic carbocycles. The Labute approximate surface area is 153 Å². The highest BCUT2D eigenvalue weighted by atomic mass is 16.7. The van der Waals surface area contributed by atoms with E-state index < -0.39 is 0 Å². The van der Waals surface area contributed by atoms with Crippen LogP contribution in [0.3, 0.4) is 0 Å². The molecule has 0 unspecified atom stereocenters. The van der Waals surface area contributed by atoms with Crippen LogP contribution in [0.5, 0.6) is 11.5 Å². The Kier molecular flexibility index (Phi) is 4.80. The zero-order valence-corrected chi connectivity index (χ0v) is 15.0. The first-order chi connectivity index (χ1) is 12.7. The largest absolute Gasteiger partial charge is 0.454 e. The number of ether oxygens (including phenoxy) is 2. The van der Waals surface area contributed by atoms with Gasteiger partial charge in [-0.05, 0) is 43.0 Å². The van der Waals surface area contributed by atoms with E-state index in [1.54, 1.807) is 0 Å². The molecule has 1 saturated carbocycles. The lowest BCUT2D eigenvalue weighted by atomic mass is 10.1. The van der Waals surface area contributed by atoms with Gasteiger partial charge in [0.1, 0.15) is 0 Å². The summed E-state index contributed by atoms with van der Waals surface area (Å²) in [6.45, 7) is 4.11. The van der Waals surface area contributed by atoms with Crippen LogP contribution in [0.1, 0.15) is 29.5 Å². The number of rotatable bonds is 7. The number of amides is 1. The number of nitrogens with zero attached hydrogens (tertiary/aromatic N) is 1. The fourth-order valence-electron chi connectivity index (χ4n) is 3.17. The number of hydrogen-bond acceptors (Lipinski definition) is 4. The van der Waals surface area contributed by atoms with E-state index in [0.717, 1.165) is 23.6 Å². The normalized spacial score (nSPS) is 15.3. The summed E-state index contributed by atoms with van der Waals surface area (Å²) in [6.07, 6.45) is 2.36. The van der Waals surface area contributed by atoms with Gasteiger partial charge in [0.25, 0.3) is 0 Å². The molecule has 4 rings (SSSR count). The zero-order chi connectivity index (χ0) is 17.9. The third-order valence-corrected chi connectivity index (χ3v) is 4.84. The molecule has 1 fully saturated rings. The lowest BCUT2D eigenvalue weighted by Gasteiger charge is -2.21. The average Bonchev–Trinajstić information content (AvgIpc) is 3.39. The van der Waals surface area contributed by atoms with Crippen molar-refractivity contribution in [3.05, 3.63) is 59.2 Å². The van der Waals surface area contributed by atoms with Crippen molar-refractivity contribution in [3.63, 3.8) is 0 Å². The Bertz CT molecular complexity index is 784. The SMILES string of the molecule is Cc1ccc(CN(CC(=O)NCc2ccc3c(c2)OCO3)C2CC2)cc1. The third-order valence-electron chi connectivity index (χ3n) is 4.84. The molecule has 0 saturated heterocycles. The second-order valence-electron chi connectivity index (χ2n) is 7.09. The lowest BCUT2D eigenvalue weighted by molar-refractivity contribution is -0.122. The number of aryl methyl sites for hydroxylation is 1. The fourth-order valence-corrected chi connectivity index (χ4v) is 3.17. The first-order valence-corrected chi connectivity index (χ1v) is 9.12. The molecule has 5 heteroatoms. The van der Waals surface area contributed by atoms with Crippen LogP contribution in [0.25, 0.3) is 0 Å². The molecule has 0 atom stereocenters. The van der Waals surface area contributed by atoms with Crippen LogP contribution >= 0.6 is 0 Å². The highest BCUT2D eigenvalue weighted by Gasteiger charge is 2.30. The number of hydrogen-bond donors (Lipinski definition) is 1. The van der Waals surface area contributed by atoms with Gasteiger partial charge in [-0.2, -0.15) is 0 Å². The second-order valence-corrected chi connectivity index (χ2v) is 7.09. The molecule has 1 amide bonds. The zero-order valence-electron chi connectivity index (χ0n) is 15.0. The maximum Gasteiger partial charge on any atom is 0.234 e. The topological polar surface area (TPSA) is 50.8 Å². The van der Waals surface area contributed by atoms with Gasteiger partial charge in [-0.1, -0.05) is 35.9 Å². The van der Waals surface area contributed by atoms with Gasteiger partial charge >= 0.3 is 0 Å². The molecule has 2 aliphatic rings. The Morgan fingerprint density at radius 3 is 2.58 bits per heavy atom. The van der Waals surface area contributed by atoms with E-state index >= 15 is 0 Å². The maximum atomic E-state index is 12.4. The lowest BCUT2D eigenvalue weighted by Crippen LogP contribution is -2.37. The van der Waals surface area contributed by atoms with Gasteiger partial charge in [0, 0.05) is 19.1 Å². The van der Waals surface area contributed by atoms with Gasteiger partial charge in [-0.25, -0.2) is 0 Å². The van der Waals surface area contributed by atoms with Crippen LogP contribution in [-0.4, -0.2) is 30.2 Å². The van der Waals surface area contributed by atoms with Crippen molar-refractivity contribution in [2.75, 3.05) is 13.3 Å². The van der Waals surface area contributed by atoms with E-state index in [1.807, 2.05) is 18.2 Å². The number of carbonyl (C=O) groups excluding carboxylic acids is 1. The van der Waals surface area contributed by atoms with Crippen molar-refractivity contribution in [3.8, 4) is 11.5 Å². The quantitative estimate of drug-likeness (QED) is 0.832. The molecule has 136 valence electrons. The average molecular weight is 352 g/mol. The Balaban J connectivity index is 1.31. The molecule has 1 heterocycles. The minimum Gasteiger partial charge on any atom is -0.454 e. The van der Waals surface area contributed by atoms with Crippen molar-refractivity contribution in [2.24, 2.45) is 0 Å². The van der Waals surface area contributed by atoms with Crippen molar-refractivity contribution >= 4 is 5.91 Å². The van der Waals surface area contributed by atoms with Gasteiger partial charge in [-0.3, -0.25) is 9.69 Å². The minimum absolute atomic E-state index is 0.0571. The van der Waals surface area contributed by atoms with Crippen molar-refractivity contribution < 1.29 is 14.3 Å². The summed E-state index contributed by atoms with van der Waals surface area (Å²) >= 11 is 0. The van der Waals surface area contributed by atoms with Gasteiger partial charge < -0.3 is 14.8 Å². The van der Waals surface area contributed by atoms with E-state index in [0.29, 0.717) is 19.1 Å². The molecule has 0 bridgehead atoms. The molecule has 0 radical (unpaired) electrons. The summed E-state index contributed by atoms with van der Waals surface area (Å²) in [5.74, 6) is 1.57. The maximum absolute atomic E-state index is 12.4. The van der Waals surface area contributed by atoms with Gasteiger partial charge in [0.2, 0.25) is 12.7 Å². The van der Waals surface area contributed by atoms with Gasteiger partial charge in [-0.15, -0.1) is 0 Å². The van der Waals surface area contributed by atoms with Crippen molar-refractivity contribution in [2.45, 2.75) is 38.9 Å². The van der Waals surface area contributed by atoms with Crippen molar-refractivity contribution in [1.82, 2.24) is 10.2 Å². The van der Waals surface area contributed by atoms with E-state index in [-0.39, 0.29) is 12.7 Å². The third kappa shape index (κ3) is 4.17. The summed E-state index contributed by atoms with van der Waals surface area (Å²) in [5.41, 5.74) is 3.53. The Morgan fingerprint density at radius 1 is 1.08 bits per heavy atom. The van der Waals surface area contributed by atoms with E-state index in [9.17, 15) is 4.79 Å². The highest BCUT2D eigenvalue weighted by Crippen LogP contribution is 2.32. The second kappa shape index (κ2) is 7.38. The van der Waals surface area contributed by atoms with Crippen LogP contribution in [0, 0.1) is 6.92 Å². The number of benzene rings is 2. The van der Waals surface area contributed by atoms with Gasteiger partial charge in [0.05, 0.1) is 6.54 Å². The minimum atomic E-state index is 0.0571. The summed E-state index contributed by atoms with van der Waals surface area (Å²) < 4.78 is 10.7. The molecule has 5 nitrogen and oxygen atoms in total. The van der Waals surface area contributed by atoms with Crippen LogP contribution in [-0.2, 0) is 17.9 Å². The van der Waals surface area contributed by atoms with Crippen LogP contribution in [0.2, 0.25) is 0 Å².